The molecule has 0 spiro atoms. The Labute approximate surface area is 395 Å². The number of hydrazine groups is 1. The summed E-state index contributed by atoms with van der Waals surface area (Å²) in [6.07, 6.45) is 4.45. The number of phenols is 1. The van der Waals surface area contributed by atoms with Crippen molar-refractivity contribution in [3.8, 4) is 28.1 Å². The van der Waals surface area contributed by atoms with Gasteiger partial charge >= 0.3 is 0 Å². The molecule has 15 nitrogen and oxygen atoms in total. The van der Waals surface area contributed by atoms with Crippen LogP contribution in [-0.2, 0) is 52.8 Å². The summed E-state index contributed by atoms with van der Waals surface area (Å²) in [6.45, 7) is 14.2. The molecule has 0 aliphatic carbocycles. The predicted octanol–water partition coefficient (Wildman–Crippen LogP) is 6.09. The first-order valence-corrected chi connectivity index (χ1v) is 23.8. The van der Waals surface area contributed by atoms with Gasteiger partial charge in [-0.25, -0.2) is 5.43 Å². The molecule has 4 aromatic rings. The highest BCUT2D eigenvalue weighted by molar-refractivity contribution is 5.96. The normalized spacial score (nSPS) is 23.3. The van der Waals surface area contributed by atoms with E-state index >= 15 is 0 Å². The van der Waals surface area contributed by atoms with E-state index in [1.165, 1.54) is 9.91 Å². The highest BCUT2D eigenvalue weighted by Crippen LogP contribution is 2.42. The lowest BCUT2D eigenvalue weighted by Crippen LogP contribution is -2.66. The summed E-state index contributed by atoms with van der Waals surface area (Å²) in [6, 6.07) is 13.6. The smallest absolute Gasteiger partial charge is 0.259 e. The lowest BCUT2D eigenvalue weighted by molar-refractivity contribution is -0.151. The minimum Gasteiger partial charge on any atom is -0.508 e. The lowest BCUT2D eigenvalue weighted by Gasteiger charge is -2.42. The molecule has 6 bridgehead atoms. The zero-order valence-electron chi connectivity index (χ0n) is 41.1. The monoisotopic (exact) mass is 922 g/mol. The van der Waals surface area contributed by atoms with Crippen LogP contribution in [0.1, 0.15) is 90.2 Å². The number of carbonyl (C=O) groups excluding carboxylic acids is 4. The molecule has 0 radical (unpaired) electrons. The molecule has 2 aromatic carbocycles. The summed E-state index contributed by atoms with van der Waals surface area (Å²) in [5.41, 5.74) is 8.80. The van der Waals surface area contributed by atoms with Gasteiger partial charge in [0, 0.05) is 62.9 Å². The van der Waals surface area contributed by atoms with E-state index in [9.17, 15) is 24.3 Å². The molecule has 5 heterocycles. The summed E-state index contributed by atoms with van der Waals surface area (Å²) in [7, 11) is 7.23. The number of phenolic OH excluding ortho intramolecular Hbond substituents is 1. The minimum absolute atomic E-state index is 0.00370. The molecular weight excluding hydrogens is 851 g/mol. The quantitative estimate of drug-likeness (QED) is 0.141. The lowest BCUT2D eigenvalue weighted by atomic mass is 9.84. The molecule has 3 N–H and O–H groups in total. The maximum Gasteiger partial charge on any atom is 0.259 e. The first-order chi connectivity index (χ1) is 31.9. The summed E-state index contributed by atoms with van der Waals surface area (Å²) in [5.74, 6) is -1.55. The third-order valence-electron chi connectivity index (χ3n) is 13.7. The van der Waals surface area contributed by atoms with Crippen molar-refractivity contribution in [2.45, 2.75) is 123 Å². The molecule has 3 amide bonds. The van der Waals surface area contributed by atoms with Crippen LogP contribution < -0.4 is 10.7 Å². The van der Waals surface area contributed by atoms with Crippen LogP contribution in [0, 0.1) is 11.3 Å². The number of rotatable bonds is 12. The number of hydrogen-bond donors (Lipinski definition) is 3. The number of fused-ring (bicyclic) bond motifs is 6. The largest absolute Gasteiger partial charge is 0.508 e. The first kappa shape index (κ1) is 49.7. The van der Waals surface area contributed by atoms with Gasteiger partial charge in [0.2, 0.25) is 5.91 Å². The van der Waals surface area contributed by atoms with Crippen molar-refractivity contribution in [2.24, 2.45) is 11.3 Å². The number of ether oxygens (including phenoxy) is 3. The van der Waals surface area contributed by atoms with E-state index < -0.39 is 41.0 Å². The highest BCUT2D eigenvalue weighted by atomic mass is 16.5. The number of amides is 3. The number of likely N-dealkylation sites (N-methyl/N-ethyl adjacent to an activating group) is 2. The van der Waals surface area contributed by atoms with E-state index in [0.717, 1.165) is 57.3 Å². The Kier molecular flexibility index (Phi) is 15.3. The van der Waals surface area contributed by atoms with Crippen molar-refractivity contribution in [3.05, 3.63) is 71.5 Å². The Bertz CT molecular complexity index is 2450. The van der Waals surface area contributed by atoms with E-state index in [-0.39, 0.29) is 49.4 Å². The van der Waals surface area contributed by atoms with E-state index in [2.05, 4.69) is 54.3 Å². The van der Waals surface area contributed by atoms with Crippen LogP contribution in [0.15, 0.2) is 54.7 Å². The molecule has 15 heteroatoms. The van der Waals surface area contributed by atoms with Gasteiger partial charge in [-0.05, 0) is 130 Å². The topological polar surface area (TPSA) is 168 Å². The van der Waals surface area contributed by atoms with Gasteiger partial charge in [0.05, 0.1) is 36.8 Å². The first-order valence-electron chi connectivity index (χ1n) is 23.8. The number of hydrogen-bond acceptors (Lipinski definition) is 11. The Morgan fingerprint density at radius 2 is 1.85 bits per heavy atom. The molecule has 3 aliphatic rings. The molecule has 2 saturated heterocycles. The molecule has 7 rings (SSSR count). The SMILES string of the molecule is CCn1c(-c2cccnc2[C@H](C)OC)c2c3cc(ccc31)-c1cc(O)cc(c1)C[C@H](NC(=O)[C@H](C(C)C)N(C)C(=O)[C@H]1CC[C@@H](CN(C)C)O1)C(=O)N1CCC[C@](C=O)(COCC(C)(C)C2)N1. The number of pyridine rings is 1. The molecule has 362 valence electrons. The molecule has 3 aliphatic heterocycles. The third-order valence-corrected chi connectivity index (χ3v) is 13.7. The summed E-state index contributed by atoms with van der Waals surface area (Å²) in [4.78, 5) is 64.8. The van der Waals surface area contributed by atoms with Crippen LogP contribution in [0.4, 0.5) is 0 Å². The second-order valence-corrected chi connectivity index (χ2v) is 20.3. The maximum absolute atomic E-state index is 14.9. The molecule has 0 unspecified atom stereocenters. The fraction of sp³-hybridized carbons (Fsp3) is 0.558. The fourth-order valence-electron chi connectivity index (χ4n) is 10.4. The molecule has 2 fully saturated rings. The van der Waals surface area contributed by atoms with Gasteiger partial charge in [0.15, 0.2) is 0 Å². The second-order valence-electron chi connectivity index (χ2n) is 20.3. The second kappa shape index (κ2) is 20.6. The van der Waals surface area contributed by atoms with Gasteiger partial charge in [-0.15, -0.1) is 0 Å². The van der Waals surface area contributed by atoms with Gasteiger partial charge in [-0.2, -0.15) is 0 Å². The summed E-state index contributed by atoms with van der Waals surface area (Å²) in [5, 5.41) is 16.9. The van der Waals surface area contributed by atoms with Crippen molar-refractivity contribution >= 4 is 34.9 Å². The van der Waals surface area contributed by atoms with Gasteiger partial charge < -0.3 is 43.8 Å². The number of aromatic hydroxyl groups is 1. The van der Waals surface area contributed by atoms with Gasteiger partial charge in [-0.3, -0.25) is 24.4 Å². The number of aromatic nitrogens is 2. The van der Waals surface area contributed by atoms with E-state index in [1.54, 1.807) is 32.5 Å². The zero-order valence-corrected chi connectivity index (χ0v) is 41.1. The number of nitrogens with zero attached hydrogens (tertiary/aromatic N) is 5. The van der Waals surface area contributed by atoms with Gasteiger partial charge in [-0.1, -0.05) is 39.8 Å². The van der Waals surface area contributed by atoms with Crippen molar-refractivity contribution in [3.63, 3.8) is 0 Å². The average molecular weight is 922 g/mol. The number of aryl methyl sites for hydroxylation is 1. The predicted molar refractivity (Wildman–Crippen MR) is 258 cm³/mol. The fourth-order valence-corrected chi connectivity index (χ4v) is 10.4. The van der Waals surface area contributed by atoms with Crippen LogP contribution in [-0.4, -0.2) is 138 Å². The number of methoxy groups -OCH3 is 1. The average Bonchev–Trinajstić information content (AvgIpc) is 3.88. The van der Waals surface area contributed by atoms with Gasteiger partial charge in [0.25, 0.3) is 11.8 Å². The number of benzene rings is 2. The van der Waals surface area contributed by atoms with Crippen LogP contribution >= 0.6 is 0 Å². The summed E-state index contributed by atoms with van der Waals surface area (Å²) >= 11 is 0. The van der Waals surface area contributed by atoms with Gasteiger partial charge in [0.1, 0.15) is 35.8 Å². The Hall–Kier alpha value is -5.19. The third kappa shape index (κ3) is 10.8. The highest BCUT2D eigenvalue weighted by Gasteiger charge is 2.42. The van der Waals surface area contributed by atoms with E-state index in [0.29, 0.717) is 50.9 Å². The number of carbonyl (C=O) groups is 4. The van der Waals surface area contributed by atoms with Crippen molar-refractivity contribution in [2.75, 3.05) is 54.6 Å². The molecule has 2 aromatic heterocycles. The summed E-state index contributed by atoms with van der Waals surface area (Å²) < 4.78 is 20.8. The van der Waals surface area contributed by atoms with Crippen LogP contribution in [0.25, 0.3) is 33.3 Å². The van der Waals surface area contributed by atoms with Crippen LogP contribution in [0.3, 0.4) is 0 Å². The minimum atomic E-state index is -1.21. The molecule has 67 heavy (non-hydrogen) atoms. The van der Waals surface area contributed by atoms with Crippen molar-refractivity contribution in [1.82, 2.24) is 35.1 Å². The van der Waals surface area contributed by atoms with E-state index in [1.807, 2.05) is 58.0 Å². The Balaban J connectivity index is 1.31. The van der Waals surface area contributed by atoms with Crippen molar-refractivity contribution < 1.29 is 38.5 Å². The molecule has 0 saturated carbocycles. The van der Waals surface area contributed by atoms with Crippen LogP contribution in [0.5, 0.6) is 5.75 Å². The zero-order chi connectivity index (χ0) is 48.4. The maximum atomic E-state index is 14.9. The Morgan fingerprint density at radius 3 is 2.55 bits per heavy atom. The van der Waals surface area contributed by atoms with Crippen LogP contribution in [0.2, 0.25) is 0 Å². The van der Waals surface area contributed by atoms with Crippen molar-refractivity contribution in [1.29, 1.82) is 0 Å². The Morgan fingerprint density at radius 1 is 1.07 bits per heavy atom. The van der Waals surface area contributed by atoms with E-state index in [4.69, 9.17) is 19.2 Å². The molecule has 6 atom stereocenters. The number of nitrogens with one attached hydrogen (secondary N) is 2. The molecular formula is C52H71N7O8. The standard InChI is InChI=1S/C52H71N7O8/c1-11-58-43-17-15-35-26-40(43)41(47(58)39-14-12-20-53-45(39)33(4)65-10)27-51(5,6)30-66-31-52(29-60)19-13-21-59(55-52)49(63)42(24-34-22-36(35)25-37(61)23-34)54-48(62)46(32(2)3)57(9)50(64)44-18-16-38(67-44)28-56(7)8/h12,14-15,17,20,22-23,25-26,29,32-33,38,42,44,46,55,61H,11,13,16,18-19,21,24,27-28,30-31H2,1-10H3,(H,54,62)/t33-,38-,42-,44+,46-,52-/m0/s1. The number of aldehydes is 1.